The first-order valence-corrected chi connectivity index (χ1v) is 15.3. The second-order valence-electron chi connectivity index (χ2n) is 8.65. The third-order valence-electron chi connectivity index (χ3n) is 6.11. The van der Waals surface area contributed by atoms with Crippen LogP contribution in [0.1, 0.15) is 29.7 Å². The quantitative estimate of drug-likeness (QED) is 0.148. The van der Waals surface area contributed by atoms with Crippen molar-refractivity contribution in [3.8, 4) is 18.1 Å². The molecule has 9 heteroatoms. The number of carbonyl (C=O) groups excluding carboxylic acids is 1. The van der Waals surface area contributed by atoms with Crippen LogP contribution in [-0.2, 0) is 9.53 Å². The lowest BCUT2D eigenvalue weighted by Gasteiger charge is -2.25. The number of thiazole rings is 1. The Balaban J connectivity index is 1.76. The van der Waals surface area contributed by atoms with Gasteiger partial charge in [0.05, 0.1) is 35.6 Å². The Kier molecular flexibility index (Phi) is 8.87. The highest BCUT2D eigenvalue weighted by molar-refractivity contribution is 14.1. The highest BCUT2D eigenvalue weighted by atomic mass is 127. The summed E-state index contributed by atoms with van der Waals surface area (Å²) in [5.41, 5.74) is 3.01. The summed E-state index contributed by atoms with van der Waals surface area (Å²) in [6.45, 7) is 2.14. The summed E-state index contributed by atoms with van der Waals surface area (Å²) in [4.78, 5) is 32.9. The molecule has 0 radical (unpaired) electrons. The van der Waals surface area contributed by atoms with Crippen LogP contribution in [0.15, 0.2) is 88.2 Å². The third kappa shape index (κ3) is 5.66. The Morgan fingerprint density at radius 2 is 1.75 bits per heavy atom. The molecule has 4 aromatic rings. The number of nitrogens with zero attached hydrogens (tertiary/aromatic N) is 2. The smallest absolute Gasteiger partial charge is 0.338 e. The minimum absolute atomic E-state index is 0.177. The van der Waals surface area contributed by atoms with Crippen LogP contribution in [0.4, 0.5) is 0 Å². The molecule has 0 saturated carbocycles. The van der Waals surface area contributed by atoms with Gasteiger partial charge in [-0.05, 0) is 81.4 Å². The molecule has 0 fully saturated rings. The Labute approximate surface area is 262 Å². The van der Waals surface area contributed by atoms with Gasteiger partial charge < -0.3 is 9.47 Å². The maximum Gasteiger partial charge on any atom is 0.338 e. The molecule has 1 aromatic heterocycles. The van der Waals surface area contributed by atoms with Crippen molar-refractivity contribution in [3.05, 3.63) is 122 Å². The lowest BCUT2D eigenvalue weighted by molar-refractivity contribution is -0.138. The molecule has 1 atom stereocenters. The monoisotopic (exact) mass is 772 g/mol. The molecular weight excluding hydrogens is 750 g/mol. The lowest BCUT2D eigenvalue weighted by atomic mass is 9.93. The van der Waals surface area contributed by atoms with E-state index in [1.807, 2.05) is 78.9 Å². The molecule has 0 unspecified atom stereocenters. The average molecular weight is 772 g/mol. The van der Waals surface area contributed by atoms with Crippen molar-refractivity contribution >= 4 is 74.3 Å². The van der Waals surface area contributed by atoms with Crippen LogP contribution in [0.2, 0.25) is 0 Å². The summed E-state index contributed by atoms with van der Waals surface area (Å²) in [5, 5.41) is 0. The minimum Gasteiger partial charge on any atom is -0.479 e. The molecule has 0 bridgehead atoms. The molecule has 0 saturated heterocycles. The van der Waals surface area contributed by atoms with E-state index >= 15 is 0 Å². The van der Waals surface area contributed by atoms with Gasteiger partial charge in [-0.1, -0.05) is 77.9 Å². The normalized spacial score (nSPS) is 14.8. The predicted octanol–water partition coefficient (Wildman–Crippen LogP) is 5.16. The van der Waals surface area contributed by atoms with E-state index in [1.165, 1.54) is 11.3 Å². The van der Waals surface area contributed by atoms with Gasteiger partial charge in [-0.15, -0.1) is 6.42 Å². The summed E-state index contributed by atoms with van der Waals surface area (Å²) in [5.74, 6) is 2.70. The number of halogens is 2. The first kappa shape index (κ1) is 28.3. The molecule has 2 heterocycles. The fourth-order valence-corrected chi connectivity index (χ4v) is 7.59. The topological polar surface area (TPSA) is 69.9 Å². The fraction of sp³-hybridized carbons (Fsp3) is 0.129. The maximum atomic E-state index is 14.0. The van der Waals surface area contributed by atoms with Crippen LogP contribution in [0, 0.1) is 19.5 Å². The number of rotatable bonds is 7. The van der Waals surface area contributed by atoms with E-state index in [0.717, 1.165) is 23.8 Å². The van der Waals surface area contributed by atoms with E-state index in [4.69, 9.17) is 20.9 Å². The van der Waals surface area contributed by atoms with Gasteiger partial charge in [-0.2, -0.15) is 0 Å². The van der Waals surface area contributed by atoms with E-state index in [1.54, 1.807) is 11.5 Å². The van der Waals surface area contributed by atoms with Crippen molar-refractivity contribution in [2.75, 3.05) is 13.2 Å². The summed E-state index contributed by atoms with van der Waals surface area (Å²) in [6.07, 6.45) is 7.20. The molecule has 0 N–H and O–H groups in total. The molecule has 0 spiro atoms. The van der Waals surface area contributed by atoms with Crippen LogP contribution in [0.5, 0.6) is 5.75 Å². The van der Waals surface area contributed by atoms with Crippen molar-refractivity contribution in [3.63, 3.8) is 0 Å². The number of benzene rings is 3. The number of hydrogen-bond donors (Lipinski definition) is 0. The van der Waals surface area contributed by atoms with Crippen LogP contribution >= 0.6 is 56.5 Å². The van der Waals surface area contributed by atoms with Gasteiger partial charge >= 0.3 is 5.97 Å². The van der Waals surface area contributed by atoms with E-state index in [-0.39, 0.29) is 18.8 Å². The Morgan fingerprint density at radius 3 is 2.38 bits per heavy atom. The van der Waals surface area contributed by atoms with E-state index in [9.17, 15) is 9.59 Å². The van der Waals surface area contributed by atoms with Crippen LogP contribution in [0.3, 0.4) is 0 Å². The van der Waals surface area contributed by atoms with Crippen molar-refractivity contribution in [1.82, 2.24) is 4.57 Å². The van der Waals surface area contributed by atoms with Gasteiger partial charge in [-0.25, -0.2) is 9.79 Å². The predicted molar refractivity (Wildman–Crippen MR) is 174 cm³/mol. The Morgan fingerprint density at radius 1 is 1.10 bits per heavy atom. The van der Waals surface area contributed by atoms with Crippen LogP contribution in [-0.4, -0.2) is 23.8 Å². The number of esters is 1. The Bertz CT molecular complexity index is 1820. The fourth-order valence-electron chi connectivity index (χ4n) is 4.46. The summed E-state index contributed by atoms with van der Waals surface area (Å²) in [6, 6.07) is 22.2. The van der Waals surface area contributed by atoms with Crippen molar-refractivity contribution in [2.24, 2.45) is 4.99 Å². The molecule has 0 aliphatic carbocycles. The summed E-state index contributed by atoms with van der Waals surface area (Å²) in [7, 11) is 0. The van der Waals surface area contributed by atoms with Crippen LogP contribution in [0.25, 0.3) is 11.8 Å². The number of hydrogen-bond acceptors (Lipinski definition) is 6. The lowest BCUT2D eigenvalue weighted by Crippen LogP contribution is -2.40. The van der Waals surface area contributed by atoms with Crippen LogP contribution < -0.4 is 19.6 Å². The van der Waals surface area contributed by atoms with Crippen molar-refractivity contribution in [1.29, 1.82) is 0 Å². The van der Waals surface area contributed by atoms with E-state index in [0.29, 0.717) is 26.4 Å². The number of aromatic nitrogens is 1. The zero-order valence-corrected chi connectivity index (χ0v) is 26.4. The maximum absolute atomic E-state index is 14.0. The molecule has 6 nitrogen and oxygen atoms in total. The first-order valence-electron chi connectivity index (χ1n) is 12.3. The standard InChI is InChI=1S/C31H22I2N2O4S/c1-3-15-39-28-22(32)16-19(17-23(28)33)18-24-29(36)35-27(21-13-9-6-10-14-21)25(30(37)38-4-2)26(34-31(35)40-24)20-11-7-5-8-12-20/h1,5-14,16-18,27H,4,15H2,2H3/b24-18-/t27-/m0/s1. The largest absolute Gasteiger partial charge is 0.479 e. The molecular formula is C31H22I2N2O4S. The van der Waals surface area contributed by atoms with Gasteiger partial charge in [0.15, 0.2) is 4.80 Å². The molecule has 1 aliphatic rings. The molecule has 40 heavy (non-hydrogen) atoms. The summed E-state index contributed by atoms with van der Waals surface area (Å²) >= 11 is 5.69. The highest BCUT2D eigenvalue weighted by Gasteiger charge is 2.35. The molecule has 0 amide bonds. The zero-order valence-electron chi connectivity index (χ0n) is 21.3. The average Bonchev–Trinajstić information content (AvgIpc) is 3.27. The number of terminal acetylenes is 1. The highest BCUT2D eigenvalue weighted by Crippen LogP contribution is 2.35. The van der Waals surface area contributed by atoms with E-state index < -0.39 is 12.0 Å². The molecule has 5 rings (SSSR count). The van der Waals surface area contributed by atoms with Gasteiger partial charge in [0.2, 0.25) is 0 Å². The minimum atomic E-state index is -0.700. The summed E-state index contributed by atoms with van der Waals surface area (Å²) < 4.78 is 15.1. The molecule has 3 aromatic carbocycles. The van der Waals surface area contributed by atoms with Gasteiger partial charge in [-0.3, -0.25) is 9.36 Å². The van der Waals surface area contributed by atoms with Gasteiger partial charge in [0.1, 0.15) is 12.4 Å². The SMILES string of the molecule is C#CCOc1c(I)cc(/C=c2\sc3n(c2=O)[C@@H](c2ccccc2)C(C(=O)OCC)=C(c2ccccc2)N=3)cc1I. The Hall–Kier alpha value is -3.21. The number of carbonyl (C=O) groups is 1. The van der Waals surface area contributed by atoms with Crippen molar-refractivity contribution in [2.45, 2.75) is 13.0 Å². The second-order valence-corrected chi connectivity index (χ2v) is 12.0. The second kappa shape index (κ2) is 12.5. The first-order chi connectivity index (χ1) is 19.4. The van der Waals surface area contributed by atoms with E-state index in [2.05, 4.69) is 51.1 Å². The molecule has 1 aliphatic heterocycles. The van der Waals surface area contributed by atoms with Crippen molar-refractivity contribution < 1.29 is 14.3 Å². The third-order valence-corrected chi connectivity index (χ3v) is 8.69. The van der Waals surface area contributed by atoms with Gasteiger partial charge in [0.25, 0.3) is 5.56 Å². The zero-order chi connectivity index (χ0) is 28.2. The number of fused-ring (bicyclic) bond motifs is 1. The molecule has 200 valence electrons. The number of ether oxygens (including phenoxy) is 2. The van der Waals surface area contributed by atoms with Gasteiger partial charge in [0, 0.05) is 5.56 Å².